The molecule has 0 radical (unpaired) electrons. The van der Waals surface area contributed by atoms with Crippen LogP contribution in [0.5, 0.6) is 0 Å². The van der Waals surface area contributed by atoms with E-state index < -0.39 is 0 Å². The number of ether oxygens (including phenoxy) is 1. The minimum Gasteiger partial charge on any atom is -1.00 e. The Hall–Kier alpha value is 0.460. The summed E-state index contributed by atoms with van der Waals surface area (Å²) in [7, 11) is 4.71. The summed E-state index contributed by atoms with van der Waals surface area (Å²) in [6.45, 7) is 16.3. The van der Waals surface area contributed by atoms with Crippen LogP contribution in [0.1, 0.15) is 47.0 Å². The molecule has 2 aliphatic rings. The van der Waals surface area contributed by atoms with Gasteiger partial charge in [-0.15, -0.1) is 0 Å². The monoisotopic (exact) mass is 356 g/mol. The molecule has 2 heterocycles. The van der Waals surface area contributed by atoms with Gasteiger partial charge in [-0.05, 0) is 47.0 Å². The van der Waals surface area contributed by atoms with Crippen LogP contribution in [0.2, 0.25) is 0 Å². The summed E-state index contributed by atoms with van der Waals surface area (Å²) in [6, 6.07) is 1.56. The molecule has 0 N–H and O–H groups in total. The standard InChI is InChI=1S/C9H20N.C8H18NO.2ClH/c1-9(2)10(3)7-5-4-6-8-10;1-8(2)9(3)4-6-10-7-5-9;;/h9H,4-8H2,1-3H3;8H,4-7H2,1-3H3;2*1H/q2*+1;;/p-2. The van der Waals surface area contributed by atoms with Crippen LogP contribution < -0.4 is 24.8 Å². The van der Waals surface area contributed by atoms with Crippen LogP contribution in [0.3, 0.4) is 0 Å². The van der Waals surface area contributed by atoms with Crippen LogP contribution in [0.25, 0.3) is 0 Å². The molecule has 0 unspecified atom stereocenters. The zero-order chi connectivity index (χ0) is 15.2. The molecule has 22 heavy (non-hydrogen) atoms. The lowest BCUT2D eigenvalue weighted by Crippen LogP contribution is -3.00. The van der Waals surface area contributed by atoms with Gasteiger partial charge in [0.15, 0.2) is 0 Å². The second kappa shape index (κ2) is 11.1. The van der Waals surface area contributed by atoms with Gasteiger partial charge < -0.3 is 38.5 Å². The fourth-order valence-electron chi connectivity index (χ4n) is 3.03. The van der Waals surface area contributed by atoms with Crippen molar-refractivity contribution in [2.45, 2.75) is 59.0 Å². The maximum absolute atomic E-state index is 5.30. The molecule has 0 spiro atoms. The molecule has 3 nitrogen and oxygen atoms in total. The van der Waals surface area contributed by atoms with Crippen LogP contribution in [-0.2, 0) is 4.74 Å². The average Bonchev–Trinajstić information content (AvgIpc) is 2.41. The van der Waals surface area contributed by atoms with E-state index in [-0.39, 0.29) is 24.8 Å². The van der Waals surface area contributed by atoms with Crippen molar-refractivity contribution in [2.24, 2.45) is 0 Å². The maximum atomic E-state index is 5.30. The van der Waals surface area contributed by atoms with Crippen molar-refractivity contribution in [3.63, 3.8) is 0 Å². The molecule has 0 saturated carbocycles. The third-order valence-corrected chi connectivity index (χ3v) is 5.82. The molecule has 5 heteroatoms. The first-order chi connectivity index (χ1) is 9.30. The lowest BCUT2D eigenvalue weighted by molar-refractivity contribution is -0.936. The van der Waals surface area contributed by atoms with Crippen LogP contribution in [-0.4, -0.2) is 74.5 Å². The minimum atomic E-state index is 0. The summed E-state index contributed by atoms with van der Waals surface area (Å²) in [5.41, 5.74) is 0. The number of morpholine rings is 1. The van der Waals surface area contributed by atoms with Gasteiger partial charge in [0.2, 0.25) is 0 Å². The van der Waals surface area contributed by atoms with Crippen molar-refractivity contribution in [3.8, 4) is 0 Å². The maximum Gasteiger partial charge on any atom is 0.102 e. The second-order valence-electron chi connectivity index (χ2n) is 7.71. The average molecular weight is 357 g/mol. The fourth-order valence-corrected chi connectivity index (χ4v) is 3.03. The predicted octanol–water partition coefficient (Wildman–Crippen LogP) is -3.10. The SMILES string of the molecule is CC(C)[N+]1(C)CCCCC1.CC(C)[N+]1(C)CCOCC1.[Cl-].[Cl-]. The van der Waals surface area contributed by atoms with Gasteiger partial charge in [0, 0.05) is 0 Å². The van der Waals surface area contributed by atoms with Crippen molar-refractivity contribution < 1.29 is 38.5 Å². The lowest BCUT2D eigenvalue weighted by Gasteiger charge is -2.41. The van der Waals surface area contributed by atoms with Gasteiger partial charge in [0.25, 0.3) is 0 Å². The number of quaternary nitrogens is 2. The van der Waals surface area contributed by atoms with Crippen molar-refractivity contribution in [1.82, 2.24) is 0 Å². The van der Waals surface area contributed by atoms with Gasteiger partial charge in [-0.2, -0.15) is 0 Å². The smallest absolute Gasteiger partial charge is 0.102 e. The molecule has 0 aromatic heterocycles. The van der Waals surface area contributed by atoms with Gasteiger partial charge in [-0.25, -0.2) is 0 Å². The van der Waals surface area contributed by atoms with Gasteiger partial charge in [-0.3, -0.25) is 0 Å². The summed E-state index contributed by atoms with van der Waals surface area (Å²) in [5.74, 6) is 0. The minimum absolute atomic E-state index is 0. The van der Waals surface area contributed by atoms with Crippen LogP contribution in [0.4, 0.5) is 0 Å². The highest BCUT2D eigenvalue weighted by Gasteiger charge is 2.28. The molecule has 0 bridgehead atoms. The number of likely N-dealkylation sites (N-methyl/N-ethyl adjacent to an activating group) is 1. The number of piperidine rings is 1. The number of hydrogen-bond acceptors (Lipinski definition) is 1. The number of likely N-dealkylation sites (tertiary alicyclic amines) is 1. The largest absolute Gasteiger partial charge is 1.00 e. The Bertz CT molecular complexity index is 246. The molecule has 136 valence electrons. The molecule has 0 aromatic carbocycles. The van der Waals surface area contributed by atoms with Crippen LogP contribution in [0, 0.1) is 0 Å². The zero-order valence-electron chi connectivity index (χ0n) is 15.6. The van der Waals surface area contributed by atoms with E-state index in [2.05, 4.69) is 41.8 Å². The number of nitrogens with zero attached hydrogens (tertiary/aromatic N) is 2. The summed E-state index contributed by atoms with van der Waals surface area (Å²) in [5, 5.41) is 0. The molecule has 2 saturated heterocycles. The lowest BCUT2D eigenvalue weighted by atomic mass is 10.1. The fraction of sp³-hybridized carbons (Fsp3) is 1.00. The first-order valence-electron chi connectivity index (χ1n) is 8.56. The molecule has 0 aromatic rings. The van der Waals surface area contributed by atoms with E-state index in [0.717, 1.165) is 25.3 Å². The van der Waals surface area contributed by atoms with Crippen molar-refractivity contribution >= 4 is 0 Å². The summed E-state index contributed by atoms with van der Waals surface area (Å²) < 4.78 is 7.79. The first kappa shape index (κ1) is 24.7. The molecule has 0 aliphatic carbocycles. The highest BCUT2D eigenvalue weighted by atomic mass is 35.5. The van der Waals surface area contributed by atoms with Crippen LogP contribution >= 0.6 is 0 Å². The second-order valence-corrected chi connectivity index (χ2v) is 7.71. The molecular weight excluding hydrogens is 319 g/mol. The highest BCUT2D eigenvalue weighted by molar-refractivity contribution is 4.54. The summed E-state index contributed by atoms with van der Waals surface area (Å²) >= 11 is 0. The van der Waals surface area contributed by atoms with Crippen molar-refractivity contribution in [3.05, 3.63) is 0 Å². The van der Waals surface area contributed by atoms with Crippen LogP contribution in [0.15, 0.2) is 0 Å². The zero-order valence-corrected chi connectivity index (χ0v) is 17.1. The Morgan fingerprint density at radius 2 is 1.00 bits per heavy atom. The number of rotatable bonds is 2. The van der Waals surface area contributed by atoms with Crippen molar-refractivity contribution in [2.75, 3.05) is 53.5 Å². The Morgan fingerprint density at radius 3 is 1.27 bits per heavy atom. The van der Waals surface area contributed by atoms with Gasteiger partial charge in [0.1, 0.15) is 13.1 Å². The molecule has 2 fully saturated rings. The molecular formula is C17H38Cl2N2O. The molecule has 2 aliphatic heterocycles. The Labute approximate surface area is 151 Å². The third kappa shape index (κ3) is 7.35. The summed E-state index contributed by atoms with van der Waals surface area (Å²) in [6.07, 6.45) is 4.34. The van der Waals surface area contributed by atoms with E-state index in [1.807, 2.05) is 0 Å². The number of halogens is 2. The van der Waals surface area contributed by atoms with E-state index >= 15 is 0 Å². The quantitative estimate of drug-likeness (QED) is 0.476. The molecule has 2 rings (SSSR count). The van der Waals surface area contributed by atoms with Crippen molar-refractivity contribution in [1.29, 1.82) is 0 Å². The Kier molecular flexibility index (Phi) is 12.5. The predicted molar refractivity (Wildman–Crippen MR) is 86.8 cm³/mol. The molecule has 0 atom stereocenters. The van der Waals surface area contributed by atoms with E-state index in [1.165, 1.54) is 54.4 Å². The van der Waals surface area contributed by atoms with Gasteiger partial charge >= 0.3 is 0 Å². The van der Waals surface area contributed by atoms with E-state index in [1.54, 1.807) is 0 Å². The van der Waals surface area contributed by atoms with Gasteiger partial charge in [0.05, 0.1) is 52.5 Å². The Balaban J connectivity index is 0. The van der Waals surface area contributed by atoms with E-state index in [9.17, 15) is 0 Å². The highest BCUT2D eigenvalue weighted by Crippen LogP contribution is 2.19. The topological polar surface area (TPSA) is 9.23 Å². The first-order valence-corrected chi connectivity index (χ1v) is 8.56. The third-order valence-electron chi connectivity index (χ3n) is 5.82. The normalized spacial score (nSPS) is 22.9. The Morgan fingerprint density at radius 1 is 0.636 bits per heavy atom. The number of hydrogen-bond donors (Lipinski definition) is 0. The summed E-state index contributed by atoms with van der Waals surface area (Å²) in [4.78, 5) is 0. The van der Waals surface area contributed by atoms with E-state index in [4.69, 9.17) is 4.74 Å². The molecule has 0 amide bonds. The van der Waals surface area contributed by atoms with E-state index in [0.29, 0.717) is 0 Å². The van der Waals surface area contributed by atoms with Gasteiger partial charge in [-0.1, -0.05) is 0 Å².